The molecule has 0 aliphatic carbocycles. The second-order valence-corrected chi connectivity index (χ2v) is 10.4. The highest BCUT2D eigenvalue weighted by Gasteiger charge is 2.29. The molecule has 2 amide bonds. The zero-order valence-electron chi connectivity index (χ0n) is 20.9. The molecule has 2 aliphatic heterocycles. The fourth-order valence-electron chi connectivity index (χ4n) is 5.32. The van der Waals surface area contributed by atoms with E-state index in [0.29, 0.717) is 36.1 Å². The molecule has 0 saturated carbocycles. The lowest BCUT2D eigenvalue weighted by Crippen LogP contribution is -2.38. The van der Waals surface area contributed by atoms with Crippen molar-refractivity contribution in [3.8, 4) is 5.75 Å². The van der Waals surface area contributed by atoms with Crippen LogP contribution in [0, 0.1) is 0 Å². The molecule has 1 aromatic heterocycles. The average molecular weight is 509 g/mol. The van der Waals surface area contributed by atoms with Gasteiger partial charge < -0.3 is 24.4 Å². The summed E-state index contributed by atoms with van der Waals surface area (Å²) < 4.78 is 7.76. The number of fused-ring (bicyclic) bond motifs is 2. The molecular formula is C28H33ClN4O3. The molecule has 0 atom stereocenters. The highest BCUT2D eigenvalue weighted by atomic mass is 35.5. The summed E-state index contributed by atoms with van der Waals surface area (Å²) in [5, 5.41) is 4.34. The topological polar surface area (TPSA) is 66.8 Å². The third-order valence-corrected chi connectivity index (χ3v) is 7.47. The molecule has 36 heavy (non-hydrogen) atoms. The van der Waals surface area contributed by atoms with Gasteiger partial charge in [0, 0.05) is 49.2 Å². The van der Waals surface area contributed by atoms with Gasteiger partial charge in [-0.05, 0) is 56.1 Å². The van der Waals surface area contributed by atoms with Crippen molar-refractivity contribution in [3.63, 3.8) is 0 Å². The number of ether oxygens (including phenoxy) is 1. The van der Waals surface area contributed by atoms with Gasteiger partial charge in [-0.3, -0.25) is 9.59 Å². The number of piperidine rings is 1. The number of carbonyl (C=O) groups excluding carboxylic acids is 2. The number of para-hydroxylation sites is 1. The Labute approximate surface area is 216 Å². The van der Waals surface area contributed by atoms with E-state index < -0.39 is 0 Å². The van der Waals surface area contributed by atoms with Gasteiger partial charge in [-0.1, -0.05) is 35.9 Å². The van der Waals surface area contributed by atoms with Gasteiger partial charge >= 0.3 is 0 Å². The number of nitrogens with one attached hydrogen (secondary N) is 1. The van der Waals surface area contributed by atoms with Crippen LogP contribution in [0.1, 0.15) is 40.2 Å². The van der Waals surface area contributed by atoms with E-state index >= 15 is 0 Å². The summed E-state index contributed by atoms with van der Waals surface area (Å²) in [6.07, 6.45) is 4.59. The number of nitrogens with zero attached hydrogens (tertiary/aromatic N) is 3. The Balaban J connectivity index is 1.31. The molecule has 2 aliphatic rings. The van der Waals surface area contributed by atoms with Crippen molar-refractivity contribution in [2.24, 2.45) is 0 Å². The highest BCUT2D eigenvalue weighted by molar-refractivity contribution is 6.31. The van der Waals surface area contributed by atoms with Crippen LogP contribution >= 0.6 is 11.6 Å². The fraction of sp³-hybridized carbons (Fsp3) is 0.429. The first-order valence-electron chi connectivity index (χ1n) is 12.6. The van der Waals surface area contributed by atoms with E-state index in [-0.39, 0.29) is 18.4 Å². The number of aromatic nitrogens is 1. The molecule has 3 heterocycles. The van der Waals surface area contributed by atoms with Gasteiger partial charge in [-0.15, -0.1) is 0 Å². The molecule has 190 valence electrons. The van der Waals surface area contributed by atoms with Crippen LogP contribution in [0.3, 0.4) is 0 Å². The van der Waals surface area contributed by atoms with E-state index in [9.17, 15) is 9.59 Å². The molecule has 0 radical (unpaired) electrons. The van der Waals surface area contributed by atoms with E-state index in [2.05, 4.69) is 23.5 Å². The number of hydrogen-bond acceptors (Lipinski definition) is 4. The van der Waals surface area contributed by atoms with E-state index in [4.69, 9.17) is 16.3 Å². The summed E-state index contributed by atoms with van der Waals surface area (Å²) in [7, 11) is 3.93. The minimum absolute atomic E-state index is 0.00192. The van der Waals surface area contributed by atoms with E-state index in [1.54, 1.807) is 12.3 Å². The van der Waals surface area contributed by atoms with Crippen LogP contribution < -0.4 is 10.1 Å². The lowest BCUT2D eigenvalue weighted by Gasteiger charge is -2.32. The average Bonchev–Trinajstić information content (AvgIpc) is 3.48. The molecule has 3 aromatic rings. The fourth-order valence-corrected chi connectivity index (χ4v) is 5.49. The Bertz CT molecular complexity index is 1280. The Kier molecular flexibility index (Phi) is 7.21. The number of likely N-dealkylation sites (N-methyl/N-ethyl adjacent to an activating group) is 1. The van der Waals surface area contributed by atoms with Crippen LogP contribution in [0.2, 0.25) is 5.02 Å². The number of hydrogen-bond donors (Lipinski definition) is 1. The molecule has 0 spiro atoms. The van der Waals surface area contributed by atoms with Crippen LogP contribution in [0.25, 0.3) is 10.9 Å². The minimum Gasteiger partial charge on any atom is -0.493 e. The van der Waals surface area contributed by atoms with Gasteiger partial charge in [0.05, 0.1) is 17.7 Å². The summed E-state index contributed by atoms with van der Waals surface area (Å²) in [5.74, 6) is 1.37. The molecule has 1 saturated heterocycles. The van der Waals surface area contributed by atoms with Crippen molar-refractivity contribution in [2.45, 2.75) is 31.7 Å². The first kappa shape index (κ1) is 24.7. The molecule has 8 heteroatoms. The van der Waals surface area contributed by atoms with Gasteiger partial charge in [0.1, 0.15) is 12.3 Å². The van der Waals surface area contributed by atoms with Gasteiger partial charge in [-0.25, -0.2) is 0 Å². The number of benzene rings is 2. The van der Waals surface area contributed by atoms with Gasteiger partial charge in [0.25, 0.3) is 5.91 Å². The zero-order chi connectivity index (χ0) is 25.2. The lowest BCUT2D eigenvalue weighted by atomic mass is 9.87. The molecule has 2 aromatic carbocycles. The summed E-state index contributed by atoms with van der Waals surface area (Å²) in [6.45, 7) is 3.62. The Morgan fingerprint density at radius 1 is 1.17 bits per heavy atom. The standard InChI is InChI=1S/C28H33ClN4O3/c1-31(2)14-11-30-26(34)18-33-17-24(23-7-6-21(29)16-25(23)33)28(35)32-12-8-19(9-13-32)22-5-3-4-20-10-15-36-27(20)22/h3-7,16-17,19H,8-15,18H2,1-2H3,(H,30,34). The minimum atomic E-state index is -0.0915. The lowest BCUT2D eigenvalue weighted by molar-refractivity contribution is -0.121. The molecule has 0 unspecified atom stereocenters. The zero-order valence-corrected chi connectivity index (χ0v) is 21.7. The van der Waals surface area contributed by atoms with Crippen LogP contribution in [-0.2, 0) is 17.8 Å². The van der Waals surface area contributed by atoms with E-state index in [1.807, 2.05) is 40.6 Å². The van der Waals surface area contributed by atoms with Crippen molar-refractivity contribution < 1.29 is 14.3 Å². The normalized spacial score (nSPS) is 15.8. The van der Waals surface area contributed by atoms with Gasteiger partial charge in [-0.2, -0.15) is 0 Å². The number of rotatable bonds is 7. The van der Waals surface area contributed by atoms with Crippen LogP contribution in [0.15, 0.2) is 42.6 Å². The summed E-state index contributed by atoms with van der Waals surface area (Å²) in [4.78, 5) is 30.1. The molecule has 0 bridgehead atoms. The summed E-state index contributed by atoms with van der Waals surface area (Å²) >= 11 is 6.27. The highest BCUT2D eigenvalue weighted by Crippen LogP contribution is 2.39. The largest absolute Gasteiger partial charge is 0.493 e. The van der Waals surface area contributed by atoms with Crippen molar-refractivity contribution in [1.29, 1.82) is 0 Å². The van der Waals surface area contributed by atoms with Crippen molar-refractivity contribution in [1.82, 2.24) is 19.7 Å². The summed E-state index contributed by atoms with van der Waals surface area (Å²) in [6, 6.07) is 11.9. The molecule has 1 N–H and O–H groups in total. The molecular weight excluding hydrogens is 476 g/mol. The first-order valence-corrected chi connectivity index (χ1v) is 13.0. The second-order valence-electron chi connectivity index (χ2n) is 9.99. The second kappa shape index (κ2) is 10.5. The molecule has 7 nitrogen and oxygen atoms in total. The number of amides is 2. The maximum absolute atomic E-state index is 13.6. The monoisotopic (exact) mass is 508 g/mol. The predicted octanol–water partition coefficient (Wildman–Crippen LogP) is 3.93. The Morgan fingerprint density at radius 2 is 1.97 bits per heavy atom. The number of likely N-dealkylation sites (tertiary alicyclic amines) is 1. The van der Waals surface area contributed by atoms with Crippen molar-refractivity contribution in [2.75, 3.05) is 46.9 Å². The van der Waals surface area contributed by atoms with Crippen molar-refractivity contribution >= 4 is 34.3 Å². The van der Waals surface area contributed by atoms with Crippen LogP contribution in [0.4, 0.5) is 0 Å². The van der Waals surface area contributed by atoms with Gasteiger partial charge in [0.15, 0.2) is 0 Å². The quantitative estimate of drug-likeness (QED) is 0.525. The summed E-state index contributed by atoms with van der Waals surface area (Å²) in [5.41, 5.74) is 3.98. The Hall–Kier alpha value is -3.03. The predicted molar refractivity (Wildman–Crippen MR) is 142 cm³/mol. The SMILES string of the molecule is CN(C)CCNC(=O)Cn1cc(C(=O)N2CCC(c3cccc4c3OCC4)CC2)c2ccc(Cl)cc21. The molecule has 1 fully saturated rings. The van der Waals surface area contributed by atoms with Crippen LogP contribution in [0.5, 0.6) is 5.75 Å². The first-order chi connectivity index (χ1) is 17.4. The van der Waals surface area contributed by atoms with E-state index in [0.717, 1.165) is 49.1 Å². The third-order valence-electron chi connectivity index (χ3n) is 7.24. The number of carbonyl (C=O) groups is 2. The Morgan fingerprint density at radius 3 is 2.75 bits per heavy atom. The maximum Gasteiger partial charge on any atom is 0.256 e. The van der Waals surface area contributed by atoms with Gasteiger partial charge in [0.2, 0.25) is 5.91 Å². The smallest absolute Gasteiger partial charge is 0.256 e. The molecule has 5 rings (SSSR count). The number of halogens is 1. The third kappa shape index (κ3) is 5.08. The van der Waals surface area contributed by atoms with E-state index in [1.165, 1.54) is 11.1 Å². The van der Waals surface area contributed by atoms with Crippen molar-refractivity contribution in [3.05, 3.63) is 64.3 Å². The maximum atomic E-state index is 13.6. The van der Waals surface area contributed by atoms with Crippen LogP contribution in [-0.4, -0.2) is 73.1 Å².